The zero-order chi connectivity index (χ0) is 66.5. The van der Waals surface area contributed by atoms with E-state index in [-0.39, 0.29) is 84.2 Å². The number of aliphatic carboxylic acids is 1. The number of rotatable bonds is 13. The molecule has 14 rings (SSSR count). The van der Waals surface area contributed by atoms with Crippen molar-refractivity contribution in [2.45, 2.75) is 176 Å². The van der Waals surface area contributed by atoms with Crippen molar-refractivity contribution in [3.05, 3.63) is 145 Å². The molecule has 504 valence electrons. The van der Waals surface area contributed by atoms with Crippen LogP contribution in [0.25, 0.3) is 20.4 Å². The summed E-state index contributed by atoms with van der Waals surface area (Å²) in [4.78, 5) is 95.5. The highest BCUT2D eigenvalue weighted by Gasteiger charge is 2.63. The van der Waals surface area contributed by atoms with Crippen LogP contribution in [0.15, 0.2) is 133 Å². The van der Waals surface area contributed by atoms with Gasteiger partial charge in [-0.1, -0.05) is 158 Å². The van der Waals surface area contributed by atoms with Crippen LogP contribution in [0.4, 0.5) is 0 Å². The molecule has 6 fully saturated rings. The number of carboxylic acid groups (broad SMARTS) is 1. The molecule has 6 aromatic rings. The number of nitrogens with zero attached hydrogens (tertiary/aromatic N) is 4. The second-order valence-corrected chi connectivity index (χ2v) is 33.0. The summed E-state index contributed by atoms with van der Waals surface area (Å²) in [5, 5.41) is 15.1. The number of carbonyl (C=O) groups excluding carboxylic acids is 5. The lowest BCUT2D eigenvalue weighted by molar-refractivity contribution is -0.147. The van der Waals surface area contributed by atoms with Crippen LogP contribution >= 0.6 is 22.7 Å². The Morgan fingerprint density at radius 3 is 1.43 bits per heavy atom. The first kappa shape index (κ1) is 67.8. The fourth-order valence-corrected chi connectivity index (χ4v) is 18.2. The molecule has 6 heterocycles. The second-order valence-electron chi connectivity index (χ2n) is 27.3. The standard InChI is InChI=1S/C36H41N3O6S2.C33H36N2O5S.C3H7NO2S/c40-31-22-36(34(42)38-47(43,44)28-17-18-28)21-26(36)14-8-3-1-2-7-13-25(19-24-11-5-4-6-12-24)33(41)39-23-27(20-30(31)39)45-35-37-29-15-9-10-16-32(29)46-35;36-28-20-33(31(38)39)19-24(33)14-8-3-1-2-7-13-23(17-22-11-5-4-6-12-22)30(37)35-21-25(18-27(28)35)40-32-34-26-15-9-10-16-29(26)41-32;4-7(5,6)3-1-2-3/h4-6,8-12,14-16,25-28,30H,1-3,7,13,17-23H2,(H,38,42);4-6,8-12,14-16,23-25,27H,1-3,7,13,17-21H2,(H,38,39);3H,1-2H2,(H2,4,5,6)/b2*14-8-;/t25-,26-,27-,30+,36-;23-,24-,25-,27+,33-;/m11./s1. The van der Waals surface area contributed by atoms with Crippen LogP contribution in [0.3, 0.4) is 0 Å². The van der Waals surface area contributed by atoms with E-state index in [1.54, 1.807) is 9.80 Å². The Kier molecular flexibility index (Phi) is 20.9. The van der Waals surface area contributed by atoms with Crippen LogP contribution in [0, 0.1) is 34.5 Å². The Bertz CT molecular complexity index is 4010. The minimum absolute atomic E-state index is 0.0349. The molecular weight excluding hydrogens is 1290 g/mol. The van der Waals surface area contributed by atoms with Crippen molar-refractivity contribution in [1.82, 2.24) is 24.5 Å². The number of hydrogen-bond acceptors (Lipinski definition) is 16. The van der Waals surface area contributed by atoms with Crippen LogP contribution < -0.4 is 19.3 Å². The fraction of sp³-hybridized carbons (Fsp3) is 0.500. The van der Waals surface area contributed by atoms with Crippen molar-refractivity contribution < 1.29 is 60.2 Å². The lowest BCUT2D eigenvalue weighted by Crippen LogP contribution is -2.46. The van der Waals surface area contributed by atoms with Crippen LogP contribution in [-0.4, -0.2) is 125 Å². The maximum absolute atomic E-state index is 14.5. The number of sulfonamides is 2. The van der Waals surface area contributed by atoms with Gasteiger partial charge in [-0.3, -0.25) is 33.5 Å². The third-order valence-corrected chi connectivity index (χ3v) is 25.2. The van der Waals surface area contributed by atoms with Crippen LogP contribution in [0.2, 0.25) is 0 Å². The molecule has 8 aliphatic rings. The molecule has 0 spiro atoms. The van der Waals surface area contributed by atoms with Gasteiger partial charge >= 0.3 is 5.97 Å². The van der Waals surface area contributed by atoms with E-state index in [2.05, 4.69) is 26.8 Å². The molecule has 23 heteroatoms. The Balaban J connectivity index is 0.000000166. The molecular formula is C72H84N6O13S4. The van der Waals surface area contributed by atoms with E-state index in [0.29, 0.717) is 68.3 Å². The first-order valence-electron chi connectivity index (χ1n) is 33.7. The van der Waals surface area contributed by atoms with Gasteiger partial charge in [0, 0.05) is 37.5 Å². The highest BCUT2D eigenvalue weighted by atomic mass is 32.2. The molecule has 0 radical (unpaired) electrons. The third kappa shape index (κ3) is 16.6. The van der Waals surface area contributed by atoms with E-state index in [0.717, 1.165) is 102 Å². The largest absolute Gasteiger partial charge is 0.481 e. The predicted molar refractivity (Wildman–Crippen MR) is 364 cm³/mol. The van der Waals surface area contributed by atoms with E-state index < -0.39 is 66.2 Å². The normalized spacial score (nSPS) is 29.0. The molecule has 4 aliphatic heterocycles. The number of Topliss-reactive ketones (excluding diaryl/α,β-unsaturated/α-hetero) is 2. The number of ether oxygens (including phenoxy) is 2. The molecule has 4 aromatic carbocycles. The predicted octanol–water partition coefficient (Wildman–Crippen LogP) is 11.1. The smallest absolute Gasteiger partial charge is 0.310 e. The van der Waals surface area contributed by atoms with Gasteiger partial charge in [-0.25, -0.2) is 31.9 Å². The average molecular weight is 1370 g/mol. The number of para-hydroxylation sites is 2. The average Bonchev–Trinajstić information content (AvgIpc) is 1.58. The first-order valence-corrected chi connectivity index (χ1v) is 38.5. The molecule has 3 amide bonds. The summed E-state index contributed by atoms with van der Waals surface area (Å²) in [7, 11) is -6.90. The topological polar surface area (TPSA) is 280 Å². The number of allylic oxidation sites excluding steroid dienone is 4. The minimum atomic E-state index is -3.77. The SMILES string of the molecule is NS(=O)(=O)C1CC1.O=C1C[C@]2(C(=O)NS(=O)(=O)C3CC3)C[C@H]2/C=C\CCCCC[C@H](Cc2ccccc2)C(=O)N2C[C@H](Oc3nc4ccccc4s3)C[C@@H]12.O=C1C[C@]2(C(=O)O)C[C@H]2/C=C\CCCCC[C@H](Cc2ccccc2)C(=O)N2C[C@H](Oc3nc4ccccc4s3)C[C@@H]12. The van der Waals surface area contributed by atoms with Gasteiger partial charge in [-0.15, -0.1) is 0 Å². The summed E-state index contributed by atoms with van der Waals surface area (Å²) >= 11 is 2.88. The number of primary sulfonamides is 1. The van der Waals surface area contributed by atoms with Crippen molar-refractivity contribution >= 4 is 98.4 Å². The Morgan fingerprint density at radius 2 is 1.00 bits per heavy atom. The summed E-state index contributed by atoms with van der Waals surface area (Å²) in [5.74, 6) is -2.96. The number of hydrogen-bond donors (Lipinski definition) is 3. The van der Waals surface area contributed by atoms with Gasteiger partial charge in [0.2, 0.25) is 37.8 Å². The molecule has 4 N–H and O–H groups in total. The number of fused-ring (bicyclic) bond motifs is 6. The molecule has 10 atom stereocenters. The van der Waals surface area contributed by atoms with E-state index >= 15 is 0 Å². The summed E-state index contributed by atoms with van der Waals surface area (Å²) in [5.41, 5.74) is 1.65. The van der Waals surface area contributed by atoms with E-state index in [1.165, 1.54) is 22.7 Å². The van der Waals surface area contributed by atoms with E-state index in [9.17, 15) is 50.7 Å². The number of benzene rings is 4. The van der Waals surface area contributed by atoms with Gasteiger partial charge in [0.05, 0.1) is 66.9 Å². The zero-order valence-corrected chi connectivity index (χ0v) is 56.6. The lowest BCUT2D eigenvalue weighted by atomic mass is 9.90. The second kappa shape index (κ2) is 29.3. The molecule has 0 unspecified atom stereocenters. The minimum Gasteiger partial charge on any atom is -0.481 e. The number of aromatic nitrogens is 2. The molecule has 0 bridgehead atoms. The van der Waals surface area contributed by atoms with Gasteiger partial charge < -0.3 is 24.4 Å². The van der Waals surface area contributed by atoms with Crippen molar-refractivity contribution in [3.63, 3.8) is 0 Å². The third-order valence-electron chi connectivity index (χ3n) is 20.2. The molecule has 2 aromatic heterocycles. The Morgan fingerprint density at radius 1 is 0.568 bits per heavy atom. The quantitative estimate of drug-likeness (QED) is 0.0907. The van der Waals surface area contributed by atoms with Gasteiger partial charge in [0.15, 0.2) is 11.6 Å². The molecule has 19 nitrogen and oxygen atoms in total. The highest BCUT2D eigenvalue weighted by Crippen LogP contribution is 2.58. The van der Waals surface area contributed by atoms with Crippen LogP contribution in [0.5, 0.6) is 10.4 Å². The van der Waals surface area contributed by atoms with E-state index in [1.807, 2.05) is 121 Å². The lowest BCUT2D eigenvalue weighted by Gasteiger charge is -2.29. The number of carboxylic acids is 1. The number of thiazole rings is 2. The number of nitrogens with one attached hydrogen (secondary N) is 1. The fourth-order valence-electron chi connectivity index (χ4n) is 14.2. The molecule has 95 heavy (non-hydrogen) atoms. The summed E-state index contributed by atoms with van der Waals surface area (Å²) in [6.45, 7) is 0.537. The van der Waals surface area contributed by atoms with Gasteiger partial charge in [0.25, 0.3) is 10.4 Å². The molecule has 4 aliphatic carbocycles. The number of amides is 3. The Hall–Kier alpha value is -7.18. The van der Waals surface area contributed by atoms with Crippen molar-refractivity contribution in [3.8, 4) is 10.4 Å². The van der Waals surface area contributed by atoms with Crippen molar-refractivity contribution in [1.29, 1.82) is 0 Å². The van der Waals surface area contributed by atoms with Crippen LogP contribution in [0.1, 0.15) is 140 Å². The number of ketones is 2. The monoisotopic (exact) mass is 1370 g/mol. The summed E-state index contributed by atoms with van der Waals surface area (Å²) < 4.78 is 62.9. The van der Waals surface area contributed by atoms with Gasteiger partial charge in [-0.2, -0.15) is 0 Å². The van der Waals surface area contributed by atoms with Crippen molar-refractivity contribution in [2.24, 2.45) is 39.6 Å². The molecule has 4 saturated carbocycles. The zero-order valence-electron chi connectivity index (χ0n) is 53.3. The maximum atomic E-state index is 14.5. The summed E-state index contributed by atoms with van der Waals surface area (Å²) in [6.07, 6.45) is 21.3. The van der Waals surface area contributed by atoms with E-state index in [4.69, 9.17) is 14.6 Å². The highest BCUT2D eigenvalue weighted by molar-refractivity contribution is 7.91. The maximum Gasteiger partial charge on any atom is 0.310 e. The first-order chi connectivity index (χ1) is 45.7. The van der Waals surface area contributed by atoms with Crippen molar-refractivity contribution in [2.75, 3.05) is 13.1 Å². The summed E-state index contributed by atoms with van der Waals surface area (Å²) in [6, 6.07) is 34.1. The van der Waals surface area contributed by atoms with Gasteiger partial charge in [0.1, 0.15) is 12.2 Å². The number of nitrogens with two attached hydrogens (primary N) is 1. The van der Waals surface area contributed by atoms with Gasteiger partial charge in [-0.05, 0) is 137 Å². The Labute approximate surface area is 563 Å². The molecule has 2 saturated heterocycles. The van der Waals surface area contributed by atoms with Crippen LogP contribution in [-0.2, 0) is 61.7 Å². The number of carbonyl (C=O) groups is 6.